The fourth-order valence-corrected chi connectivity index (χ4v) is 2.66. The first-order valence-electron chi connectivity index (χ1n) is 5.70. The van der Waals surface area contributed by atoms with Crippen molar-refractivity contribution in [3.63, 3.8) is 0 Å². The van der Waals surface area contributed by atoms with Crippen LogP contribution in [0.15, 0.2) is 11.7 Å². The van der Waals surface area contributed by atoms with Gasteiger partial charge in [-0.15, -0.1) is 11.3 Å². The average molecular weight is 265 g/mol. The van der Waals surface area contributed by atoms with E-state index in [-0.39, 0.29) is 12.0 Å². The summed E-state index contributed by atoms with van der Waals surface area (Å²) < 4.78 is 5.72. The quantitative estimate of drug-likeness (QED) is 0.860. The molecule has 0 saturated heterocycles. The Kier molecular flexibility index (Phi) is 3.76. The minimum Gasteiger partial charge on any atom is -0.467 e. The Labute approximate surface area is 109 Å². The van der Waals surface area contributed by atoms with Crippen LogP contribution in [-0.4, -0.2) is 29.1 Å². The molecule has 0 bridgehead atoms. The van der Waals surface area contributed by atoms with E-state index in [1.165, 1.54) is 13.4 Å². The highest BCUT2D eigenvalue weighted by atomic mass is 32.1. The highest BCUT2D eigenvalue weighted by molar-refractivity contribution is 7.18. The first-order chi connectivity index (χ1) is 8.67. The number of thiophene rings is 1. The molecule has 0 saturated carbocycles. The topological polar surface area (TPSA) is 64.1 Å². The Hall–Kier alpha value is -1.69. The van der Waals surface area contributed by atoms with Gasteiger partial charge >= 0.3 is 5.97 Å². The Balaban J connectivity index is 2.33. The van der Waals surface area contributed by atoms with Gasteiger partial charge in [-0.05, 0) is 24.3 Å². The number of hydrogen-bond acceptors (Lipinski definition) is 6. The summed E-state index contributed by atoms with van der Waals surface area (Å²) in [5, 5.41) is 5.15. The summed E-state index contributed by atoms with van der Waals surface area (Å²) in [7, 11) is 1.39. The first-order valence-corrected chi connectivity index (χ1v) is 6.58. The maximum absolute atomic E-state index is 11.6. The molecule has 1 unspecified atom stereocenters. The molecule has 0 radical (unpaired) electrons. The number of hydrogen-bond donors (Lipinski definition) is 1. The lowest BCUT2D eigenvalue weighted by Gasteiger charge is -2.15. The Morgan fingerprint density at radius 3 is 3.00 bits per heavy atom. The normalized spacial score (nSPS) is 12.4. The van der Waals surface area contributed by atoms with Crippen LogP contribution < -0.4 is 5.32 Å². The maximum atomic E-state index is 11.6. The minimum absolute atomic E-state index is 0.280. The third kappa shape index (κ3) is 2.28. The Morgan fingerprint density at radius 2 is 2.33 bits per heavy atom. The molecule has 96 valence electrons. The predicted molar refractivity (Wildman–Crippen MR) is 71.9 cm³/mol. The molecular weight excluding hydrogens is 250 g/mol. The van der Waals surface area contributed by atoms with Gasteiger partial charge in [0.2, 0.25) is 0 Å². The number of carbonyl (C=O) groups is 1. The molecular formula is C12H15N3O2S. The van der Waals surface area contributed by atoms with Crippen LogP contribution in [0.2, 0.25) is 0 Å². The standard InChI is InChI=1S/C12H15N3O2S/c1-4-8(12(16)17-3)15-11-10-9(13-6-14-11)7(2)5-18-10/h5-6,8H,4H2,1-3H3,(H,13,14,15). The van der Waals surface area contributed by atoms with Crippen molar-refractivity contribution in [1.29, 1.82) is 0 Å². The van der Waals surface area contributed by atoms with Crippen LogP contribution in [0.5, 0.6) is 0 Å². The van der Waals surface area contributed by atoms with Crippen LogP contribution in [0.1, 0.15) is 18.9 Å². The summed E-state index contributed by atoms with van der Waals surface area (Å²) in [6, 6.07) is -0.379. The van der Waals surface area contributed by atoms with Gasteiger partial charge in [0, 0.05) is 0 Å². The third-order valence-corrected chi connectivity index (χ3v) is 3.83. The largest absolute Gasteiger partial charge is 0.467 e. The molecule has 1 N–H and O–H groups in total. The summed E-state index contributed by atoms with van der Waals surface area (Å²) >= 11 is 1.57. The van der Waals surface area contributed by atoms with Crippen molar-refractivity contribution in [2.24, 2.45) is 0 Å². The summed E-state index contributed by atoms with van der Waals surface area (Å²) in [5.41, 5.74) is 2.05. The Morgan fingerprint density at radius 1 is 1.56 bits per heavy atom. The lowest BCUT2D eigenvalue weighted by Crippen LogP contribution is -2.30. The lowest BCUT2D eigenvalue weighted by atomic mass is 10.2. The molecule has 2 aromatic rings. The van der Waals surface area contributed by atoms with E-state index in [0.29, 0.717) is 12.2 Å². The van der Waals surface area contributed by atoms with Crippen molar-refractivity contribution in [1.82, 2.24) is 9.97 Å². The van der Waals surface area contributed by atoms with Gasteiger partial charge in [0.25, 0.3) is 0 Å². The fourth-order valence-electron chi connectivity index (χ4n) is 1.71. The molecule has 0 fully saturated rings. The zero-order valence-electron chi connectivity index (χ0n) is 10.6. The second kappa shape index (κ2) is 5.30. The molecule has 1 atom stereocenters. The van der Waals surface area contributed by atoms with Crippen molar-refractivity contribution in [2.75, 3.05) is 12.4 Å². The molecule has 0 spiro atoms. The van der Waals surface area contributed by atoms with Crippen molar-refractivity contribution in [2.45, 2.75) is 26.3 Å². The zero-order valence-corrected chi connectivity index (χ0v) is 11.4. The van der Waals surface area contributed by atoms with E-state index in [2.05, 4.69) is 15.3 Å². The van der Waals surface area contributed by atoms with Gasteiger partial charge in [0.05, 0.1) is 17.3 Å². The highest BCUT2D eigenvalue weighted by Crippen LogP contribution is 2.28. The Bertz CT molecular complexity index is 567. The maximum Gasteiger partial charge on any atom is 0.328 e. The number of nitrogens with zero attached hydrogens (tertiary/aromatic N) is 2. The van der Waals surface area contributed by atoms with Crippen molar-refractivity contribution in [3.05, 3.63) is 17.3 Å². The number of fused-ring (bicyclic) bond motifs is 1. The molecule has 2 rings (SSSR count). The van der Waals surface area contributed by atoms with Gasteiger partial charge in [-0.1, -0.05) is 6.92 Å². The summed E-state index contributed by atoms with van der Waals surface area (Å²) in [6.45, 7) is 3.93. The minimum atomic E-state index is -0.379. The fraction of sp³-hybridized carbons (Fsp3) is 0.417. The number of ether oxygens (including phenoxy) is 1. The molecule has 2 heterocycles. The molecule has 0 aromatic carbocycles. The smallest absolute Gasteiger partial charge is 0.328 e. The summed E-state index contributed by atoms with van der Waals surface area (Å²) in [6.07, 6.45) is 2.15. The van der Waals surface area contributed by atoms with E-state index in [1.54, 1.807) is 11.3 Å². The number of methoxy groups -OCH3 is 1. The third-order valence-electron chi connectivity index (χ3n) is 2.74. The van der Waals surface area contributed by atoms with Crippen LogP contribution in [0, 0.1) is 6.92 Å². The number of aryl methyl sites for hydroxylation is 1. The molecule has 0 amide bonds. The molecule has 2 aromatic heterocycles. The van der Waals surface area contributed by atoms with Crippen molar-refractivity contribution in [3.8, 4) is 0 Å². The number of rotatable bonds is 4. The molecule has 6 heteroatoms. The molecule has 0 aliphatic rings. The molecule has 18 heavy (non-hydrogen) atoms. The van der Waals surface area contributed by atoms with Gasteiger partial charge in [-0.3, -0.25) is 0 Å². The van der Waals surface area contributed by atoms with Gasteiger partial charge in [0.15, 0.2) is 0 Å². The van der Waals surface area contributed by atoms with Crippen molar-refractivity contribution < 1.29 is 9.53 Å². The van der Waals surface area contributed by atoms with E-state index in [9.17, 15) is 4.79 Å². The van der Waals surface area contributed by atoms with Crippen LogP contribution in [0.25, 0.3) is 10.2 Å². The molecule has 0 aliphatic heterocycles. The number of nitrogens with one attached hydrogen (secondary N) is 1. The zero-order chi connectivity index (χ0) is 13.1. The highest BCUT2D eigenvalue weighted by Gasteiger charge is 2.19. The summed E-state index contributed by atoms with van der Waals surface area (Å²) in [4.78, 5) is 20.0. The van der Waals surface area contributed by atoms with E-state index < -0.39 is 0 Å². The van der Waals surface area contributed by atoms with Crippen molar-refractivity contribution >= 4 is 33.3 Å². The van der Waals surface area contributed by atoms with E-state index in [0.717, 1.165) is 15.8 Å². The van der Waals surface area contributed by atoms with Gasteiger partial charge < -0.3 is 10.1 Å². The average Bonchev–Trinajstić information content (AvgIpc) is 2.78. The van der Waals surface area contributed by atoms with E-state index >= 15 is 0 Å². The number of aromatic nitrogens is 2. The van der Waals surface area contributed by atoms with Gasteiger partial charge in [-0.25, -0.2) is 14.8 Å². The second-order valence-electron chi connectivity index (χ2n) is 3.95. The first kappa shape index (κ1) is 12.8. The van der Waals surface area contributed by atoms with Crippen LogP contribution in [-0.2, 0) is 9.53 Å². The van der Waals surface area contributed by atoms with Gasteiger partial charge in [0.1, 0.15) is 18.2 Å². The monoisotopic (exact) mass is 265 g/mol. The second-order valence-corrected chi connectivity index (χ2v) is 4.83. The number of carbonyl (C=O) groups excluding carboxylic acids is 1. The molecule has 0 aliphatic carbocycles. The van der Waals surface area contributed by atoms with Gasteiger partial charge in [-0.2, -0.15) is 0 Å². The lowest BCUT2D eigenvalue weighted by molar-refractivity contribution is -0.141. The predicted octanol–water partition coefficient (Wildman–Crippen LogP) is 2.36. The SMILES string of the molecule is CCC(Nc1ncnc2c(C)csc12)C(=O)OC. The van der Waals surface area contributed by atoms with E-state index in [4.69, 9.17) is 4.74 Å². The van der Waals surface area contributed by atoms with Crippen LogP contribution >= 0.6 is 11.3 Å². The van der Waals surface area contributed by atoms with Crippen LogP contribution in [0.4, 0.5) is 5.82 Å². The van der Waals surface area contributed by atoms with Crippen LogP contribution in [0.3, 0.4) is 0 Å². The number of esters is 1. The number of anilines is 1. The molecule has 5 nitrogen and oxygen atoms in total. The van der Waals surface area contributed by atoms with E-state index in [1.807, 2.05) is 19.2 Å². The summed E-state index contributed by atoms with van der Waals surface area (Å²) in [5.74, 6) is 0.410.